The largest absolute Gasteiger partial charge is 0.444 e. The van der Waals surface area contributed by atoms with Crippen molar-refractivity contribution in [3.05, 3.63) is 17.3 Å². The Hall–Kier alpha value is -0.870. The molecule has 1 aromatic heterocycles. The van der Waals surface area contributed by atoms with Crippen LogP contribution in [0.2, 0.25) is 0 Å². The maximum absolute atomic E-state index is 5.52. The van der Waals surface area contributed by atoms with E-state index in [1.54, 1.807) is 0 Å². The predicted molar refractivity (Wildman–Crippen MR) is 58.6 cm³/mol. The van der Waals surface area contributed by atoms with Crippen molar-refractivity contribution in [2.45, 2.75) is 32.2 Å². The molecule has 15 heavy (non-hydrogen) atoms. The molecule has 0 spiro atoms. The molecule has 0 atom stereocenters. The van der Waals surface area contributed by atoms with Crippen LogP contribution in [0.15, 0.2) is 4.42 Å². The average molecular weight is 209 g/mol. The third-order valence-corrected chi connectivity index (χ3v) is 3.16. The van der Waals surface area contributed by atoms with E-state index in [1.165, 1.54) is 12.8 Å². The van der Waals surface area contributed by atoms with Gasteiger partial charge in [0.2, 0.25) is 5.89 Å². The van der Waals surface area contributed by atoms with Gasteiger partial charge in [-0.05, 0) is 39.9 Å². The number of piperidine rings is 1. The van der Waals surface area contributed by atoms with Crippen molar-refractivity contribution in [1.82, 2.24) is 9.88 Å². The molecule has 1 fully saturated rings. The lowest BCUT2D eigenvalue weighted by Crippen LogP contribution is -2.29. The molecule has 2 rings (SSSR count). The monoisotopic (exact) mass is 209 g/mol. The van der Waals surface area contributed by atoms with Crippen molar-refractivity contribution in [2.75, 3.05) is 20.1 Å². The second-order valence-corrected chi connectivity index (χ2v) is 4.33. The van der Waals surface area contributed by atoms with Gasteiger partial charge < -0.3 is 15.1 Å². The Balaban J connectivity index is 2.11. The average Bonchev–Trinajstić information content (AvgIpc) is 2.61. The summed E-state index contributed by atoms with van der Waals surface area (Å²) in [6.45, 7) is 4.68. The highest BCUT2D eigenvalue weighted by Crippen LogP contribution is 2.29. The fourth-order valence-electron chi connectivity index (χ4n) is 2.21. The maximum atomic E-state index is 5.52. The van der Waals surface area contributed by atoms with E-state index in [2.05, 4.69) is 16.9 Å². The summed E-state index contributed by atoms with van der Waals surface area (Å²) in [5.74, 6) is 2.18. The standard InChI is InChI=1S/C11H19N3O/c1-8-11(13-10(7-12)15-8)9-3-5-14(2)6-4-9/h9H,3-7,12H2,1-2H3. The van der Waals surface area contributed by atoms with Crippen LogP contribution in [0.3, 0.4) is 0 Å². The van der Waals surface area contributed by atoms with Crippen LogP contribution in [0.4, 0.5) is 0 Å². The molecular formula is C11H19N3O. The number of rotatable bonds is 2. The number of likely N-dealkylation sites (tertiary alicyclic amines) is 1. The molecule has 84 valence electrons. The van der Waals surface area contributed by atoms with Gasteiger partial charge in [0.05, 0.1) is 12.2 Å². The van der Waals surface area contributed by atoms with E-state index in [9.17, 15) is 0 Å². The SMILES string of the molecule is Cc1oc(CN)nc1C1CCN(C)CC1. The summed E-state index contributed by atoms with van der Waals surface area (Å²) in [5, 5.41) is 0. The lowest BCUT2D eigenvalue weighted by Gasteiger charge is -2.27. The summed E-state index contributed by atoms with van der Waals surface area (Å²) in [6, 6.07) is 0. The van der Waals surface area contributed by atoms with E-state index in [-0.39, 0.29) is 0 Å². The summed E-state index contributed by atoms with van der Waals surface area (Å²) in [5.41, 5.74) is 6.65. The number of oxazole rings is 1. The summed E-state index contributed by atoms with van der Waals surface area (Å²) < 4.78 is 5.49. The highest BCUT2D eigenvalue weighted by Gasteiger charge is 2.23. The zero-order valence-corrected chi connectivity index (χ0v) is 9.49. The van der Waals surface area contributed by atoms with Gasteiger partial charge in [0.15, 0.2) is 0 Å². The number of nitrogens with zero attached hydrogens (tertiary/aromatic N) is 2. The fraction of sp³-hybridized carbons (Fsp3) is 0.727. The molecule has 4 nitrogen and oxygen atoms in total. The Morgan fingerprint density at radius 2 is 2.13 bits per heavy atom. The van der Waals surface area contributed by atoms with E-state index in [4.69, 9.17) is 10.2 Å². The van der Waals surface area contributed by atoms with Crippen molar-refractivity contribution in [3.63, 3.8) is 0 Å². The third-order valence-electron chi connectivity index (χ3n) is 3.16. The van der Waals surface area contributed by atoms with Gasteiger partial charge in [-0.1, -0.05) is 0 Å². The minimum atomic E-state index is 0.396. The highest BCUT2D eigenvalue weighted by atomic mass is 16.4. The topological polar surface area (TPSA) is 55.3 Å². The van der Waals surface area contributed by atoms with Gasteiger partial charge in [0, 0.05) is 5.92 Å². The van der Waals surface area contributed by atoms with Gasteiger partial charge in [-0.2, -0.15) is 0 Å². The van der Waals surface area contributed by atoms with Crippen LogP contribution in [0.5, 0.6) is 0 Å². The molecule has 0 bridgehead atoms. The predicted octanol–water partition coefficient (Wildman–Crippen LogP) is 1.25. The Morgan fingerprint density at radius 1 is 1.47 bits per heavy atom. The quantitative estimate of drug-likeness (QED) is 0.796. The van der Waals surface area contributed by atoms with Crippen LogP contribution in [-0.4, -0.2) is 30.0 Å². The summed E-state index contributed by atoms with van der Waals surface area (Å²) in [6.07, 6.45) is 2.35. The summed E-state index contributed by atoms with van der Waals surface area (Å²) in [7, 11) is 2.16. The van der Waals surface area contributed by atoms with Gasteiger partial charge in [0.25, 0.3) is 0 Å². The molecule has 1 aliphatic heterocycles. The van der Waals surface area contributed by atoms with Gasteiger partial charge in [-0.15, -0.1) is 0 Å². The minimum absolute atomic E-state index is 0.396. The number of aryl methyl sites for hydroxylation is 1. The van der Waals surface area contributed by atoms with Gasteiger partial charge in [-0.25, -0.2) is 4.98 Å². The number of hydrogen-bond donors (Lipinski definition) is 1. The van der Waals surface area contributed by atoms with Crippen molar-refractivity contribution >= 4 is 0 Å². The van der Waals surface area contributed by atoms with Crippen LogP contribution in [0.25, 0.3) is 0 Å². The molecule has 0 amide bonds. The molecule has 1 aliphatic rings. The summed E-state index contributed by atoms with van der Waals surface area (Å²) >= 11 is 0. The first-order valence-corrected chi connectivity index (χ1v) is 5.55. The molecule has 0 radical (unpaired) electrons. The van der Waals surface area contributed by atoms with Gasteiger partial charge in [-0.3, -0.25) is 0 Å². The van der Waals surface area contributed by atoms with E-state index in [1.807, 2.05) is 6.92 Å². The third kappa shape index (κ3) is 2.21. The van der Waals surface area contributed by atoms with Gasteiger partial charge >= 0.3 is 0 Å². The maximum Gasteiger partial charge on any atom is 0.208 e. The van der Waals surface area contributed by atoms with Gasteiger partial charge in [0.1, 0.15) is 5.76 Å². The lowest BCUT2D eigenvalue weighted by molar-refractivity contribution is 0.252. The van der Waals surface area contributed by atoms with E-state index in [0.717, 1.165) is 24.5 Å². The Morgan fingerprint density at radius 3 is 2.67 bits per heavy atom. The van der Waals surface area contributed by atoms with E-state index < -0.39 is 0 Å². The first-order chi connectivity index (χ1) is 7.20. The molecule has 2 heterocycles. The molecule has 0 aromatic carbocycles. The second kappa shape index (κ2) is 4.33. The van der Waals surface area contributed by atoms with Crippen LogP contribution in [0, 0.1) is 6.92 Å². The number of nitrogens with two attached hydrogens (primary N) is 1. The van der Waals surface area contributed by atoms with Crippen LogP contribution >= 0.6 is 0 Å². The van der Waals surface area contributed by atoms with Crippen molar-refractivity contribution in [2.24, 2.45) is 5.73 Å². The first-order valence-electron chi connectivity index (χ1n) is 5.55. The molecule has 0 aliphatic carbocycles. The molecule has 0 saturated carbocycles. The lowest BCUT2D eigenvalue weighted by atomic mass is 9.93. The smallest absolute Gasteiger partial charge is 0.208 e. The highest BCUT2D eigenvalue weighted by molar-refractivity contribution is 5.14. The van der Waals surface area contributed by atoms with Crippen LogP contribution in [-0.2, 0) is 6.54 Å². The molecule has 1 saturated heterocycles. The van der Waals surface area contributed by atoms with Crippen LogP contribution < -0.4 is 5.73 Å². The van der Waals surface area contributed by atoms with Crippen molar-refractivity contribution in [3.8, 4) is 0 Å². The minimum Gasteiger partial charge on any atom is -0.444 e. The number of hydrogen-bond acceptors (Lipinski definition) is 4. The first kappa shape index (κ1) is 10.6. The normalized spacial score (nSPS) is 19.7. The van der Waals surface area contributed by atoms with Crippen molar-refractivity contribution in [1.29, 1.82) is 0 Å². The van der Waals surface area contributed by atoms with E-state index >= 15 is 0 Å². The zero-order chi connectivity index (χ0) is 10.8. The number of aromatic nitrogens is 1. The summed E-state index contributed by atoms with van der Waals surface area (Å²) in [4.78, 5) is 6.82. The molecule has 1 aromatic rings. The zero-order valence-electron chi connectivity index (χ0n) is 9.49. The molecule has 2 N–H and O–H groups in total. The fourth-order valence-corrected chi connectivity index (χ4v) is 2.21. The Bertz CT molecular complexity index is 327. The van der Waals surface area contributed by atoms with Crippen LogP contribution in [0.1, 0.15) is 36.1 Å². The van der Waals surface area contributed by atoms with Crippen molar-refractivity contribution < 1.29 is 4.42 Å². The Labute approximate surface area is 90.5 Å². The van der Waals surface area contributed by atoms with E-state index in [0.29, 0.717) is 18.4 Å². The Kier molecular flexibility index (Phi) is 3.07. The second-order valence-electron chi connectivity index (χ2n) is 4.33. The molecule has 4 heteroatoms. The molecular weight excluding hydrogens is 190 g/mol. The molecule has 0 unspecified atom stereocenters.